The number of para-hydroxylation sites is 1. The molecule has 1 fully saturated rings. The molecule has 0 aliphatic carbocycles. The number of likely N-dealkylation sites (tertiary alicyclic amines) is 1. The van der Waals surface area contributed by atoms with Gasteiger partial charge in [-0.2, -0.15) is 0 Å². The molecule has 0 saturated carbocycles. The van der Waals surface area contributed by atoms with Crippen molar-refractivity contribution >= 4 is 23.2 Å². The highest BCUT2D eigenvalue weighted by atomic mass is 16.2. The van der Waals surface area contributed by atoms with Gasteiger partial charge in [0.25, 0.3) is 0 Å². The van der Waals surface area contributed by atoms with Crippen molar-refractivity contribution in [3.8, 4) is 0 Å². The quantitative estimate of drug-likeness (QED) is 0.703. The molecule has 3 rings (SSSR count). The van der Waals surface area contributed by atoms with Gasteiger partial charge < -0.3 is 10.6 Å². The van der Waals surface area contributed by atoms with Gasteiger partial charge in [0.05, 0.1) is 13.1 Å². The standard InChI is InChI=1S/C24H32N4O2/c1-18-7-6-8-19(2)24(18)26-23(30)17-27(3)16-22(29)25-21-11-9-20(10-12-21)15-28-13-4-5-14-28/h6-12H,4-5,13-17H2,1-3H3,(H,25,29)(H,26,30). The van der Waals surface area contributed by atoms with Crippen LogP contribution in [0.1, 0.15) is 29.5 Å². The first-order valence-electron chi connectivity index (χ1n) is 10.6. The minimum Gasteiger partial charge on any atom is -0.325 e. The maximum atomic E-state index is 12.4. The van der Waals surface area contributed by atoms with Gasteiger partial charge in [-0.3, -0.25) is 19.4 Å². The fourth-order valence-corrected chi connectivity index (χ4v) is 3.83. The number of aryl methyl sites for hydroxylation is 2. The highest BCUT2D eigenvalue weighted by Gasteiger charge is 2.14. The lowest BCUT2D eigenvalue weighted by atomic mass is 10.1. The number of likely N-dealkylation sites (N-methyl/N-ethyl adjacent to an activating group) is 1. The van der Waals surface area contributed by atoms with Crippen LogP contribution in [-0.4, -0.2) is 54.8 Å². The van der Waals surface area contributed by atoms with Gasteiger partial charge in [-0.05, 0) is 75.6 Å². The molecule has 6 heteroatoms. The van der Waals surface area contributed by atoms with Crippen LogP contribution in [-0.2, 0) is 16.1 Å². The number of nitrogens with one attached hydrogen (secondary N) is 2. The molecular weight excluding hydrogens is 376 g/mol. The second-order valence-corrected chi connectivity index (χ2v) is 8.22. The number of nitrogens with zero attached hydrogens (tertiary/aromatic N) is 2. The van der Waals surface area contributed by atoms with Gasteiger partial charge in [-0.25, -0.2) is 0 Å². The summed E-state index contributed by atoms with van der Waals surface area (Å²) in [5, 5.41) is 5.86. The molecule has 0 spiro atoms. The molecule has 0 atom stereocenters. The summed E-state index contributed by atoms with van der Waals surface area (Å²) in [6, 6.07) is 13.9. The molecule has 2 aromatic carbocycles. The maximum absolute atomic E-state index is 12.4. The van der Waals surface area contributed by atoms with Crippen LogP contribution in [0.3, 0.4) is 0 Å². The zero-order chi connectivity index (χ0) is 21.5. The highest BCUT2D eigenvalue weighted by Crippen LogP contribution is 2.19. The van der Waals surface area contributed by atoms with Crippen LogP contribution in [0.4, 0.5) is 11.4 Å². The van der Waals surface area contributed by atoms with Gasteiger partial charge in [-0.1, -0.05) is 30.3 Å². The van der Waals surface area contributed by atoms with Crippen molar-refractivity contribution < 1.29 is 9.59 Å². The van der Waals surface area contributed by atoms with E-state index in [1.807, 2.05) is 44.2 Å². The number of rotatable bonds is 8. The van der Waals surface area contributed by atoms with Crippen molar-refractivity contribution in [3.05, 3.63) is 59.2 Å². The molecule has 2 amide bonds. The van der Waals surface area contributed by atoms with Gasteiger partial charge in [0.1, 0.15) is 0 Å². The van der Waals surface area contributed by atoms with Gasteiger partial charge >= 0.3 is 0 Å². The van der Waals surface area contributed by atoms with Gasteiger partial charge in [0.15, 0.2) is 0 Å². The Kier molecular flexibility index (Phi) is 7.60. The number of anilines is 2. The number of hydrogen-bond donors (Lipinski definition) is 2. The van der Waals surface area contributed by atoms with Crippen LogP contribution in [0.5, 0.6) is 0 Å². The minimum absolute atomic E-state index is 0.131. The molecule has 1 saturated heterocycles. The summed E-state index contributed by atoms with van der Waals surface area (Å²) in [5.74, 6) is -0.265. The van der Waals surface area contributed by atoms with Crippen LogP contribution in [0.15, 0.2) is 42.5 Å². The Morgan fingerprint density at radius 3 is 2.07 bits per heavy atom. The average molecular weight is 409 g/mol. The lowest BCUT2D eigenvalue weighted by Crippen LogP contribution is -2.36. The third-order valence-electron chi connectivity index (χ3n) is 5.42. The Hall–Kier alpha value is -2.70. The van der Waals surface area contributed by atoms with E-state index < -0.39 is 0 Å². The van der Waals surface area contributed by atoms with E-state index in [9.17, 15) is 9.59 Å². The molecule has 2 aromatic rings. The fraction of sp³-hybridized carbons (Fsp3) is 0.417. The summed E-state index contributed by atoms with van der Waals surface area (Å²) >= 11 is 0. The lowest BCUT2D eigenvalue weighted by Gasteiger charge is -2.18. The van der Waals surface area contributed by atoms with Crippen LogP contribution in [0.2, 0.25) is 0 Å². The van der Waals surface area contributed by atoms with Crippen LogP contribution < -0.4 is 10.6 Å². The first kappa shape index (κ1) is 22.0. The number of carbonyl (C=O) groups excluding carboxylic acids is 2. The Balaban J connectivity index is 1.44. The molecule has 1 aliphatic rings. The van der Waals surface area contributed by atoms with E-state index in [1.54, 1.807) is 11.9 Å². The molecule has 0 unspecified atom stereocenters. The summed E-state index contributed by atoms with van der Waals surface area (Å²) in [6.45, 7) is 7.54. The Morgan fingerprint density at radius 2 is 1.47 bits per heavy atom. The molecule has 160 valence electrons. The molecule has 0 aromatic heterocycles. The van der Waals surface area contributed by atoms with E-state index in [4.69, 9.17) is 0 Å². The monoisotopic (exact) mass is 408 g/mol. The van der Waals surface area contributed by atoms with E-state index in [0.29, 0.717) is 0 Å². The van der Waals surface area contributed by atoms with Gasteiger partial charge in [0, 0.05) is 17.9 Å². The predicted octanol–water partition coefficient (Wildman–Crippen LogP) is 3.41. The summed E-state index contributed by atoms with van der Waals surface area (Å²) in [5.41, 5.74) is 4.93. The second kappa shape index (κ2) is 10.4. The van der Waals surface area contributed by atoms with Crippen molar-refractivity contribution in [1.82, 2.24) is 9.80 Å². The predicted molar refractivity (Wildman–Crippen MR) is 122 cm³/mol. The Morgan fingerprint density at radius 1 is 0.900 bits per heavy atom. The zero-order valence-corrected chi connectivity index (χ0v) is 18.2. The molecular formula is C24H32N4O2. The Bertz CT molecular complexity index is 853. The number of benzene rings is 2. The zero-order valence-electron chi connectivity index (χ0n) is 18.2. The topological polar surface area (TPSA) is 64.7 Å². The van der Waals surface area contributed by atoms with Crippen molar-refractivity contribution in [2.45, 2.75) is 33.2 Å². The molecule has 30 heavy (non-hydrogen) atoms. The number of carbonyl (C=O) groups is 2. The lowest BCUT2D eigenvalue weighted by molar-refractivity contribution is -0.119. The number of hydrogen-bond acceptors (Lipinski definition) is 4. The summed E-state index contributed by atoms with van der Waals surface area (Å²) < 4.78 is 0. The number of amides is 2. The van der Waals surface area contributed by atoms with E-state index >= 15 is 0 Å². The van der Waals surface area contributed by atoms with E-state index in [-0.39, 0.29) is 24.9 Å². The van der Waals surface area contributed by atoms with Crippen molar-refractivity contribution in [2.75, 3.05) is 43.9 Å². The van der Waals surface area contributed by atoms with E-state index in [1.165, 1.54) is 31.5 Å². The summed E-state index contributed by atoms with van der Waals surface area (Å²) in [7, 11) is 1.77. The average Bonchev–Trinajstić information content (AvgIpc) is 3.19. The Labute approximate surface area is 179 Å². The summed E-state index contributed by atoms with van der Waals surface area (Å²) in [6.07, 6.45) is 2.56. The molecule has 0 radical (unpaired) electrons. The van der Waals surface area contributed by atoms with Gasteiger partial charge in [0.2, 0.25) is 11.8 Å². The maximum Gasteiger partial charge on any atom is 0.238 e. The fourth-order valence-electron chi connectivity index (χ4n) is 3.83. The van der Waals surface area contributed by atoms with Crippen molar-refractivity contribution in [3.63, 3.8) is 0 Å². The van der Waals surface area contributed by atoms with Crippen LogP contribution >= 0.6 is 0 Å². The minimum atomic E-state index is -0.135. The van der Waals surface area contributed by atoms with Crippen molar-refractivity contribution in [1.29, 1.82) is 0 Å². The third kappa shape index (κ3) is 6.40. The third-order valence-corrected chi connectivity index (χ3v) is 5.42. The first-order chi connectivity index (χ1) is 14.4. The highest BCUT2D eigenvalue weighted by molar-refractivity contribution is 5.95. The van der Waals surface area contributed by atoms with Crippen molar-refractivity contribution in [2.24, 2.45) is 0 Å². The van der Waals surface area contributed by atoms with Crippen LogP contribution in [0.25, 0.3) is 0 Å². The van der Waals surface area contributed by atoms with E-state index in [2.05, 4.69) is 27.7 Å². The summed E-state index contributed by atoms with van der Waals surface area (Å²) in [4.78, 5) is 28.9. The molecule has 6 nitrogen and oxygen atoms in total. The first-order valence-corrected chi connectivity index (χ1v) is 10.6. The molecule has 2 N–H and O–H groups in total. The largest absolute Gasteiger partial charge is 0.325 e. The normalized spacial score (nSPS) is 14.1. The second-order valence-electron chi connectivity index (χ2n) is 8.22. The van der Waals surface area contributed by atoms with Gasteiger partial charge in [-0.15, -0.1) is 0 Å². The SMILES string of the molecule is Cc1cccc(C)c1NC(=O)CN(C)CC(=O)Nc1ccc(CN2CCCC2)cc1. The smallest absolute Gasteiger partial charge is 0.238 e. The molecule has 1 heterocycles. The molecule has 1 aliphatic heterocycles. The molecule has 0 bridgehead atoms. The van der Waals surface area contributed by atoms with Crippen LogP contribution in [0, 0.1) is 13.8 Å². The van der Waals surface area contributed by atoms with E-state index in [0.717, 1.165) is 29.0 Å².